The molecule has 0 aromatic carbocycles. The van der Waals surface area contributed by atoms with Gasteiger partial charge >= 0.3 is 0 Å². The summed E-state index contributed by atoms with van der Waals surface area (Å²) in [6.45, 7) is 4.50. The standard InChI is InChI=1S/C13H26N2O2S/c1-2-15(13-7-3-4-8-13)18(16,17)11-12-6-5-9-14-10-12/h12-14H,2-11H2,1H3. The van der Waals surface area contributed by atoms with Gasteiger partial charge in [-0.15, -0.1) is 0 Å². The highest BCUT2D eigenvalue weighted by Gasteiger charge is 2.32. The molecular weight excluding hydrogens is 248 g/mol. The lowest BCUT2D eigenvalue weighted by atomic mass is 10.0. The fourth-order valence-electron chi connectivity index (χ4n) is 3.33. The van der Waals surface area contributed by atoms with E-state index in [2.05, 4.69) is 5.32 Å². The normalized spacial score (nSPS) is 26.9. The van der Waals surface area contributed by atoms with Crippen molar-refractivity contribution >= 4 is 10.0 Å². The summed E-state index contributed by atoms with van der Waals surface area (Å²) < 4.78 is 26.8. The molecule has 106 valence electrons. The van der Waals surface area contributed by atoms with Crippen molar-refractivity contribution in [1.82, 2.24) is 9.62 Å². The monoisotopic (exact) mass is 274 g/mol. The highest BCUT2D eigenvalue weighted by molar-refractivity contribution is 7.89. The Morgan fingerprint density at radius 2 is 1.89 bits per heavy atom. The van der Waals surface area contributed by atoms with E-state index in [-0.39, 0.29) is 6.04 Å². The molecule has 0 aromatic heterocycles. The van der Waals surface area contributed by atoms with Gasteiger partial charge in [0.2, 0.25) is 10.0 Å². The van der Waals surface area contributed by atoms with Crippen LogP contribution in [0.2, 0.25) is 0 Å². The first-order chi connectivity index (χ1) is 8.63. The molecule has 1 N–H and O–H groups in total. The van der Waals surface area contributed by atoms with E-state index in [1.54, 1.807) is 4.31 Å². The average Bonchev–Trinajstić information content (AvgIpc) is 2.83. The Balaban J connectivity index is 1.98. The van der Waals surface area contributed by atoms with Crippen molar-refractivity contribution in [2.24, 2.45) is 5.92 Å². The Kier molecular flexibility index (Phi) is 5.04. The maximum Gasteiger partial charge on any atom is 0.214 e. The third kappa shape index (κ3) is 3.45. The zero-order valence-corrected chi connectivity index (χ0v) is 12.2. The Labute approximate surface area is 111 Å². The molecular formula is C13H26N2O2S. The Morgan fingerprint density at radius 1 is 1.17 bits per heavy atom. The quantitative estimate of drug-likeness (QED) is 0.828. The lowest BCUT2D eigenvalue weighted by molar-refractivity contribution is 0.326. The second-order valence-corrected chi connectivity index (χ2v) is 7.60. The molecule has 18 heavy (non-hydrogen) atoms. The molecule has 1 unspecified atom stereocenters. The van der Waals surface area contributed by atoms with Crippen LogP contribution in [-0.2, 0) is 10.0 Å². The number of piperidine rings is 1. The predicted molar refractivity (Wildman–Crippen MR) is 74.0 cm³/mol. The minimum absolute atomic E-state index is 0.275. The van der Waals surface area contributed by atoms with Gasteiger partial charge in [-0.25, -0.2) is 8.42 Å². The Hall–Kier alpha value is -0.130. The number of rotatable bonds is 5. The predicted octanol–water partition coefficient (Wildman–Crippen LogP) is 1.58. The molecule has 2 rings (SSSR count). The lowest BCUT2D eigenvalue weighted by Crippen LogP contribution is -2.43. The summed E-state index contributed by atoms with van der Waals surface area (Å²) in [7, 11) is -3.06. The summed E-state index contributed by atoms with van der Waals surface area (Å²) in [6.07, 6.45) is 6.62. The van der Waals surface area contributed by atoms with Crippen LogP contribution in [-0.4, -0.2) is 44.2 Å². The van der Waals surface area contributed by atoms with Gasteiger partial charge in [0.25, 0.3) is 0 Å². The van der Waals surface area contributed by atoms with Crippen LogP contribution in [0.4, 0.5) is 0 Å². The van der Waals surface area contributed by atoms with Gasteiger partial charge in [0, 0.05) is 12.6 Å². The maximum atomic E-state index is 12.5. The van der Waals surface area contributed by atoms with Crippen molar-refractivity contribution in [3.05, 3.63) is 0 Å². The van der Waals surface area contributed by atoms with Crippen LogP contribution in [0.3, 0.4) is 0 Å². The van der Waals surface area contributed by atoms with Crippen LogP contribution in [0.15, 0.2) is 0 Å². The van der Waals surface area contributed by atoms with E-state index >= 15 is 0 Å². The molecule has 1 heterocycles. The maximum absolute atomic E-state index is 12.5. The topological polar surface area (TPSA) is 49.4 Å². The minimum atomic E-state index is -3.06. The number of hydrogen-bond donors (Lipinski definition) is 1. The molecule has 0 radical (unpaired) electrons. The summed E-state index contributed by atoms with van der Waals surface area (Å²) in [5, 5.41) is 3.30. The number of nitrogens with one attached hydrogen (secondary N) is 1. The van der Waals surface area contributed by atoms with E-state index in [1.807, 2.05) is 6.92 Å². The largest absolute Gasteiger partial charge is 0.316 e. The molecule has 1 atom stereocenters. The number of sulfonamides is 1. The van der Waals surface area contributed by atoms with Crippen LogP contribution in [0.1, 0.15) is 45.4 Å². The van der Waals surface area contributed by atoms with Crippen LogP contribution in [0.25, 0.3) is 0 Å². The van der Waals surface area contributed by atoms with E-state index < -0.39 is 10.0 Å². The highest BCUT2D eigenvalue weighted by atomic mass is 32.2. The minimum Gasteiger partial charge on any atom is -0.316 e. The van der Waals surface area contributed by atoms with E-state index in [0.29, 0.717) is 18.2 Å². The van der Waals surface area contributed by atoms with Gasteiger partial charge in [0.15, 0.2) is 0 Å². The van der Waals surface area contributed by atoms with Gasteiger partial charge in [-0.3, -0.25) is 0 Å². The third-order valence-electron chi connectivity index (χ3n) is 4.25. The zero-order chi connectivity index (χ0) is 13.0. The third-order valence-corrected chi connectivity index (χ3v) is 6.41. The SMILES string of the molecule is CCN(C1CCCC1)S(=O)(=O)CC1CCCNC1. The molecule has 0 aromatic rings. The number of hydrogen-bond acceptors (Lipinski definition) is 3. The van der Waals surface area contributed by atoms with Gasteiger partial charge in [0.1, 0.15) is 0 Å². The van der Waals surface area contributed by atoms with E-state index in [9.17, 15) is 8.42 Å². The van der Waals surface area contributed by atoms with Crippen LogP contribution >= 0.6 is 0 Å². The van der Waals surface area contributed by atoms with Crippen molar-refractivity contribution in [2.45, 2.75) is 51.5 Å². The molecule has 5 heteroatoms. The van der Waals surface area contributed by atoms with E-state index in [0.717, 1.165) is 38.8 Å². The fourth-order valence-corrected chi connectivity index (χ4v) is 5.46. The highest BCUT2D eigenvalue weighted by Crippen LogP contribution is 2.27. The van der Waals surface area contributed by atoms with E-state index in [1.165, 1.54) is 12.8 Å². The van der Waals surface area contributed by atoms with Crippen molar-refractivity contribution < 1.29 is 8.42 Å². The molecule has 4 nitrogen and oxygen atoms in total. The summed E-state index contributed by atoms with van der Waals surface area (Å²) in [6, 6.07) is 0.275. The first kappa shape index (κ1) is 14.3. The first-order valence-corrected chi connectivity index (χ1v) is 8.94. The van der Waals surface area contributed by atoms with Gasteiger partial charge < -0.3 is 5.32 Å². The molecule has 1 aliphatic carbocycles. The van der Waals surface area contributed by atoms with E-state index in [4.69, 9.17) is 0 Å². The molecule has 0 bridgehead atoms. The van der Waals surface area contributed by atoms with Crippen molar-refractivity contribution in [1.29, 1.82) is 0 Å². The van der Waals surface area contributed by atoms with Crippen molar-refractivity contribution in [2.75, 3.05) is 25.4 Å². The summed E-state index contributed by atoms with van der Waals surface area (Å²) in [5.74, 6) is 0.642. The first-order valence-electron chi connectivity index (χ1n) is 7.33. The molecule has 2 aliphatic rings. The summed E-state index contributed by atoms with van der Waals surface area (Å²) in [4.78, 5) is 0. The summed E-state index contributed by atoms with van der Waals surface area (Å²) in [5.41, 5.74) is 0. The molecule has 1 saturated heterocycles. The fraction of sp³-hybridized carbons (Fsp3) is 1.00. The van der Waals surface area contributed by atoms with Crippen LogP contribution in [0.5, 0.6) is 0 Å². The lowest BCUT2D eigenvalue weighted by Gasteiger charge is -2.30. The molecule has 0 spiro atoms. The molecule has 1 aliphatic heterocycles. The Bertz CT molecular complexity index is 344. The van der Waals surface area contributed by atoms with Crippen molar-refractivity contribution in [3.8, 4) is 0 Å². The molecule has 0 amide bonds. The Morgan fingerprint density at radius 3 is 2.44 bits per heavy atom. The van der Waals surface area contributed by atoms with Gasteiger partial charge in [0.05, 0.1) is 5.75 Å². The second kappa shape index (κ2) is 6.35. The molecule has 2 fully saturated rings. The molecule has 1 saturated carbocycles. The van der Waals surface area contributed by atoms with Crippen molar-refractivity contribution in [3.63, 3.8) is 0 Å². The van der Waals surface area contributed by atoms with Gasteiger partial charge in [-0.2, -0.15) is 4.31 Å². The summed E-state index contributed by atoms with van der Waals surface area (Å²) >= 11 is 0. The van der Waals surface area contributed by atoms with Crippen LogP contribution in [0, 0.1) is 5.92 Å². The zero-order valence-electron chi connectivity index (χ0n) is 11.4. The second-order valence-electron chi connectivity index (χ2n) is 5.63. The van der Waals surface area contributed by atoms with Gasteiger partial charge in [-0.05, 0) is 44.7 Å². The number of nitrogens with zero attached hydrogens (tertiary/aromatic N) is 1. The average molecular weight is 274 g/mol. The van der Waals surface area contributed by atoms with Gasteiger partial charge in [-0.1, -0.05) is 19.8 Å². The smallest absolute Gasteiger partial charge is 0.214 e. The van der Waals surface area contributed by atoms with Crippen LogP contribution < -0.4 is 5.32 Å².